The van der Waals surface area contributed by atoms with E-state index in [-0.39, 0.29) is 0 Å². The minimum absolute atomic E-state index is 0.501. The van der Waals surface area contributed by atoms with Gasteiger partial charge >= 0.3 is 0 Å². The summed E-state index contributed by atoms with van der Waals surface area (Å²) < 4.78 is 0. The zero-order valence-electron chi connectivity index (χ0n) is 8.21. The van der Waals surface area contributed by atoms with Crippen molar-refractivity contribution >= 4 is 22.9 Å². The van der Waals surface area contributed by atoms with Crippen LogP contribution in [0, 0.1) is 5.92 Å². The molecule has 1 aliphatic carbocycles. The van der Waals surface area contributed by atoms with Crippen molar-refractivity contribution in [3.8, 4) is 0 Å². The summed E-state index contributed by atoms with van der Waals surface area (Å²) in [7, 11) is 0. The standard InChI is InChI=1S/C10H15ClN2S/c11-7-10-13-12-9(14-10)6-5-8-3-1-2-4-8/h8H,1-7H2. The maximum Gasteiger partial charge on any atom is 0.132 e. The van der Waals surface area contributed by atoms with Gasteiger partial charge in [-0.2, -0.15) is 0 Å². The van der Waals surface area contributed by atoms with Crippen LogP contribution in [0.1, 0.15) is 42.1 Å². The lowest BCUT2D eigenvalue weighted by molar-refractivity contribution is 0.502. The number of rotatable bonds is 4. The van der Waals surface area contributed by atoms with Gasteiger partial charge in [0.05, 0.1) is 5.88 Å². The molecular formula is C10H15ClN2S. The van der Waals surface area contributed by atoms with Gasteiger partial charge in [-0.25, -0.2) is 0 Å². The van der Waals surface area contributed by atoms with Crippen LogP contribution in [0.3, 0.4) is 0 Å². The molecule has 0 N–H and O–H groups in total. The fraction of sp³-hybridized carbons (Fsp3) is 0.800. The molecule has 1 heterocycles. The minimum atomic E-state index is 0.501. The second kappa shape index (κ2) is 5.08. The minimum Gasteiger partial charge on any atom is -0.144 e. The number of nitrogens with zero attached hydrogens (tertiary/aromatic N) is 2. The molecule has 0 radical (unpaired) electrons. The molecule has 0 atom stereocenters. The topological polar surface area (TPSA) is 25.8 Å². The van der Waals surface area contributed by atoms with Crippen molar-refractivity contribution in [2.45, 2.75) is 44.4 Å². The van der Waals surface area contributed by atoms with Gasteiger partial charge in [0, 0.05) is 6.42 Å². The Hall–Kier alpha value is -0.150. The van der Waals surface area contributed by atoms with E-state index in [0.29, 0.717) is 5.88 Å². The first kappa shape index (κ1) is 10.4. The van der Waals surface area contributed by atoms with Crippen LogP contribution >= 0.6 is 22.9 Å². The van der Waals surface area contributed by atoms with Crippen molar-refractivity contribution in [1.82, 2.24) is 10.2 Å². The third kappa shape index (κ3) is 2.67. The molecule has 78 valence electrons. The lowest BCUT2D eigenvalue weighted by Crippen LogP contribution is -1.95. The molecule has 0 aromatic carbocycles. The number of halogens is 1. The highest BCUT2D eigenvalue weighted by Gasteiger charge is 2.15. The molecule has 0 saturated heterocycles. The lowest BCUT2D eigenvalue weighted by atomic mass is 10.0. The van der Waals surface area contributed by atoms with Crippen molar-refractivity contribution in [3.63, 3.8) is 0 Å². The number of hydrogen-bond acceptors (Lipinski definition) is 3. The van der Waals surface area contributed by atoms with Crippen LogP contribution in [0.4, 0.5) is 0 Å². The molecule has 0 spiro atoms. The van der Waals surface area contributed by atoms with E-state index >= 15 is 0 Å². The summed E-state index contributed by atoms with van der Waals surface area (Å²) in [5.74, 6) is 1.44. The molecular weight excluding hydrogens is 216 g/mol. The van der Waals surface area contributed by atoms with E-state index in [1.165, 1.54) is 32.1 Å². The van der Waals surface area contributed by atoms with E-state index in [0.717, 1.165) is 22.4 Å². The van der Waals surface area contributed by atoms with E-state index in [4.69, 9.17) is 11.6 Å². The zero-order valence-corrected chi connectivity index (χ0v) is 9.78. The fourth-order valence-corrected chi connectivity index (χ4v) is 3.00. The highest BCUT2D eigenvalue weighted by Crippen LogP contribution is 2.29. The Labute approximate surface area is 93.7 Å². The molecule has 1 aliphatic rings. The van der Waals surface area contributed by atoms with Crippen molar-refractivity contribution in [2.75, 3.05) is 0 Å². The fourth-order valence-electron chi connectivity index (χ4n) is 2.07. The largest absolute Gasteiger partial charge is 0.144 e. The third-order valence-corrected chi connectivity index (χ3v) is 4.26. The molecule has 2 nitrogen and oxygen atoms in total. The van der Waals surface area contributed by atoms with E-state index in [1.807, 2.05) is 0 Å². The predicted octanol–water partition coefficient (Wildman–Crippen LogP) is 3.40. The molecule has 1 saturated carbocycles. The Morgan fingerprint density at radius 3 is 2.57 bits per heavy atom. The van der Waals surface area contributed by atoms with Crippen molar-refractivity contribution in [2.24, 2.45) is 5.92 Å². The lowest BCUT2D eigenvalue weighted by Gasteiger charge is -2.05. The smallest absolute Gasteiger partial charge is 0.132 e. The highest BCUT2D eigenvalue weighted by molar-refractivity contribution is 7.11. The van der Waals surface area contributed by atoms with Crippen molar-refractivity contribution in [3.05, 3.63) is 10.0 Å². The SMILES string of the molecule is ClCc1nnc(CCC2CCCC2)s1. The van der Waals surface area contributed by atoms with Crippen molar-refractivity contribution < 1.29 is 0 Å². The second-order valence-corrected chi connectivity index (χ2v) is 5.33. The third-order valence-electron chi connectivity index (χ3n) is 2.86. The number of alkyl halides is 1. The van der Waals surface area contributed by atoms with Crippen LogP contribution in [0.5, 0.6) is 0 Å². The Kier molecular flexibility index (Phi) is 3.76. The Morgan fingerprint density at radius 2 is 1.93 bits per heavy atom. The maximum absolute atomic E-state index is 5.68. The van der Waals surface area contributed by atoms with Gasteiger partial charge in [0.25, 0.3) is 0 Å². The van der Waals surface area contributed by atoms with Gasteiger partial charge in [0.15, 0.2) is 0 Å². The molecule has 0 unspecified atom stereocenters. The summed E-state index contributed by atoms with van der Waals surface area (Å²) in [5.41, 5.74) is 0. The highest BCUT2D eigenvalue weighted by atomic mass is 35.5. The molecule has 2 rings (SSSR count). The van der Waals surface area contributed by atoms with Gasteiger partial charge in [-0.3, -0.25) is 0 Å². The molecule has 0 bridgehead atoms. The molecule has 14 heavy (non-hydrogen) atoms. The second-order valence-electron chi connectivity index (χ2n) is 3.91. The summed E-state index contributed by atoms with van der Waals surface area (Å²) >= 11 is 7.34. The average Bonchev–Trinajstić information content (AvgIpc) is 2.86. The molecule has 0 amide bonds. The number of hydrogen-bond donors (Lipinski definition) is 0. The van der Waals surface area contributed by atoms with Crippen LogP contribution < -0.4 is 0 Å². The Morgan fingerprint density at radius 1 is 1.21 bits per heavy atom. The van der Waals surface area contributed by atoms with Gasteiger partial charge in [-0.15, -0.1) is 33.1 Å². The number of aryl methyl sites for hydroxylation is 1. The van der Waals surface area contributed by atoms with Gasteiger partial charge < -0.3 is 0 Å². The Balaban J connectivity index is 1.79. The van der Waals surface area contributed by atoms with E-state index in [9.17, 15) is 0 Å². The van der Waals surface area contributed by atoms with E-state index in [2.05, 4.69) is 10.2 Å². The van der Waals surface area contributed by atoms with Gasteiger partial charge in [0.2, 0.25) is 0 Å². The first-order valence-electron chi connectivity index (χ1n) is 5.25. The summed E-state index contributed by atoms with van der Waals surface area (Å²) in [5, 5.41) is 10.3. The quantitative estimate of drug-likeness (QED) is 0.741. The van der Waals surface area contributed by atoms with Gasteiger partial charge in [0.1, 0.15) is 10.0 Å². The molecule has 1 fully saturated rings. The first-order chi connectivity index (χ1) is 6.88. The monoisotopic (exact) mass is 230 g/mol. The van der Waals surface area contributed by atoms with Gasteiger partial charge in [-0.05, 0) is 12.3 Å². The number of aromatic nitrogens is 2. The van der Waals surface area contributed by atoms with Gasteiger partial charge in [-0.1, -0.05) is 25.7 Å². The van der Waals surface area contributed by atoms with Crippen LogP contribution in [0.25, 0.3) is 0 Å². The Bertz CT molecular complexity index is 281. The summed E-state index contributed by atoms with van der Waals surface area (Å²) in [4.78, 5) is 0. The normalized spacial score (nSPS) is 17.8. The summed E-state index contributed by atoms with van der Waals surface area (Å²) in [6.45, 7) is 0. The average molecular weight is 231 g/mol. The van der Waals surface area contributed by atoms with Crippen LogP contribution in [-0.4, -0.2) is 10.2 Å². The predicted molar refractivity (Wildman–Crippen MR) is 59.7 cm³/mol. The van der Waals surface area contributed by atoms with Crippen LogP contribution in [0.2, 0.25) is 0 Å². The van der Waals surface area contributed by atoms with Crippen molar-refractivity contribution in [1.29, 1.82) is 0 Å². The molecule has 1 aromatic rings. The molecule has 4 heteroatoms. The summed E-state index contributed by atoms with van der Waals surface area (Å²) in [6, 6.07) is 0. The summed E-state index contributed by atoms with van der Waals surface area (Å²) in [6.07, 6.45) is 8.07. The van der Waals surface area contributed by atoms with Crippen LogP contribution in [0.15, 0.2) is 0 Å². The van der Waals surface area contributed by atoms with Crippen LogP contribution in [-0.2, 0) is 12.3 Å². The van der Waals surface area contributed by atoms with E-state index in [1.54, 1.807) is 11.3 Å². The van der Waals surface area contributed by atoms with E-state index < -0.39 is 0 Å². The zero-order chi connectivity index (χ0) is 9.80. The maximum atomic E-state index is 5.68. The molecule has 0 aliphatic heterocycles. The molecule has 1 aromatic heterocycles. The first-order valence-corrected chi connectivity index (χ1v) is 6.61.